The van der Waals surface area contributed by atoms with E-state index >= 15 is 0 Å². The van der Waals surface area contributed by atoms with Crippen molar-refractivity contribution >= 4 is 0 Å². The van der Waals surface area contributed by atoms with E-state index in [1.54, 1.807) is 0 Å². The van der Waals surface area contributed by atoms with Crippen molar-refractivity contribution in [3.8, 4) is 0 Å². The van der Waals surface area contributed by atoms with Gasteiger partial charge in [-0.15, -0.1) is 0 Å². The van der Waals surface area contributed by atoms with Gasteiger partial charge in [-0.05, 0) is 270 Å². The third kappa shape index (κ3) is 76.7. The maximum Gasteiger partial charge on any atom is 0.0464 e. The van der Waals surface area contributed by atoms with E-state index in [0.29, 0.717) is 66.4 Å². The van der Waals surface area contributed by atoms with Crippen molar-refractivity contribution in [3.63, 3.8) is 0 Å². The van der Waals surface area contributed by atoms with Gasteiger partial charge in [0.05, 0.1) is 0 Å². The molecular formula is C81H189N9O9. The first-order valence-corrected chi connectivity index (χ1v) is 39.0. The van der Waals surface area contributed by atoms with Crippen LogP contribution in [0.3, 0.4) is 0 Å². The van der Waals surface area contributed by atoms with E-state index in [1.165, 1.54) is 0 Å². The number of hydrogen-bond donors (Lipinski definition) is 18. The minimum Gasteiger partial charge on any atom is -0.396 e. The molecule has 0 aromatic carbocycles. The standard InChI is InChI=1S/C10H23NO.7C9H21NO.C8H19NO/c1-10(2,3)9(8-12)6-4-5-7-11;7*1-9(2,3)8(7-11)5-4-6-10;1-8(2,3)7(6-10)4-5-9/h9,12H,4-8,11H2,1-3H3;7*8,11H,4-7,10H2,1-3H3;7,10H,4-6,9H2,1-3H3. The second-order valence-corrected chi connectivity index (χ2v) is 37.6. The summed E-state index contributed by atoms with van der Waals surface area (Å²) in [5.74, 6) is 3.53. The maximum atomic E-state index is 9.13. The summed E-state index contributed by atoms with van der Waals surface area (Å²) in [7, 11) is 0. The Morgan fingerprint density at radius 3 is 0.323 bits per heavy atom. The van der Waals surface area contributed by atoms with Crippen LogP contribution in [0.1, 0.15) is 303 Å². The molecule has 0 aromatic rings. The number of nitrogens with two attached hydrogens (primary N) is 9. The molecule has 99 heavy (non-hydrogen) atoms. The molecule has 0 fully saturated rings. The third-order valence-corrected chi connectivity index (χ3v) is 19.8. The Kier molecular flexibility index (Phi) is 78.6. The molecule has 0 spiro atoms. The molecule has 0 saturated carbocycles. The van der Waals surface area contributed by atoms with Gasteiger partial charge in [0.1, 0.15) is 0 Å². The fourth-order valence-electron chi connectivity index (χ4n) is 10.5. The molecule has 0 heterocycles. The third-order valence-electron chi connectivity index (χ3n) is 19.8. The smallest absolute Gasteiger partial charge is 0.0464 e. The van der Waals surface area contributed by atoms with E-state index in [9.17, 15) is 0 Å². The fraction of sp³-hybridized carbons (Fsp3) is 1.00. The molecule has 0 rings (SSSR count). The summed E-state index contributed by atoms with van der Waals surface area (Å²) < 4.78 is 0. The summed E-state index contributed by atoms with van der Waals surface area (Å²) in [5.41, 5.74) is 50.4. The van der Waals surface area contributed by atoms with Gasteiger partial charge in [-0.3, -0.25) is 0 Å². The van der Waals surface area contributed by atoms with Crippen LogP contribution in [0.5, 0.6) is 0 Å². The molecule has 18 heteroatoms. The fourth-order valence-corrected chi connectivity index (χ4v) is 10.5. The number of aliphatic hydroxyl groups is 9. The van der Waals surface area contributed by atoms with E-state index in [4.69, 9.17) is 97.6 Å². The maximum absolute atomic E-state index is 9.13. The molecule has 0 amide bonds. The average molecular weight is 1430 g/mol. The molecule has 18 nitrogen and oxygen atoms in total. The van der Waals surface area contributed by atoms with Crippen molar-refractivity contribution in [1.29, 1.82) is 0 Å². The van der Waals surface area contributed by atoms with Crippen molar-refractivity contribution in [2.45, 2.75) is 303 Å². The van der Waals surface area contributed by atoms with Crippen LogP contribution in [0.4, 0.5) is 0 Å². The zero-order chi connectivity index (χ0) is 80.2. The number of hydrogen-bond acceptors (Lipinski definition) is 18. The SMILES string of the molecule is CC(C)(C)C(CO)CCCCN.CC(C)(C)C(CO)CCCN.CC(C)(C)C(CO)CCCN.CC(C)(C)C(CO)CCCN.CC(C)(C)C(CO)CCCN.CC(C)(C)C(CO)CCCN.CC(C)(C)C(CO)CCCN.CC(C)(C)C(CO)CCCN.CC(C)(C)C(CO)CCN. The van der Waals surface area contributed by atoms with Crippen LogP contribution in [0.15, 0.2) is 0 Å². The zero-order valence-electron chi connectivity index (χ0n) is 71.4. The highest BCUT2D eigenvalue weighted by Crippen LogP contribution is 2.35. The van der Waals surface area contributed by atoms with Gasteiger partial charge in [-0.2, -0.15) is 0 Å². The average Bonchev–Trinajstić information content (AvgIpc) is 1.13. The molecule has 0 aliphatic carbocycles. The molecule has 0 bridgehead atoms. The van der Waals surface area contributed by atoms with E-state index in [2.05, 4.69) is 187 Å². The number of unbranched alkanes of at least 4 members (excludes halogenated alkanes) is 1. The molecule has 0 radical (unpaired) electrons. The van der Waals surface area contributed by atoms with Gasteiger partial charge in [-0.25, -0.2) is 0 Å². The van der Waals surface area contributed by atoms with Crippen LogP contribution in [-0.4, -0.2) is 164 Å². The predicted octanol–water partition coefficient (Wildman–Crippen LogP) is 12.4. The summed E-state index contributed by atoms with van der Waals surface area (Å²) in [6.07, 6.45) is 18.6. The predicted molar refractivity (Wildman–Crippen MR) is 435 cm³/mol. The van der Waals surface area contributed by atoms with Crippen LogP contribution < -0.4 is 51.6 Å². The van der Waals surface area contributed by atoms with Gasteiger partial charge in [0.2, 0.25) is 0 Å². The highest BCUT2D eigenvalue weighted by Gasteiger charge is 2.29. The van der Waals surface area contributed by atoms with E-state index in [1.807, 2.05) is 0 Å². The normalized spacial score (nSPS) is 15.0. The van der Waals surface area contributed by atoms with E-state index in [0.717, 1.165) is 168 Å². The van der Waals surface area contributed by atoms with Crippen LogP contribution in [0, 0.1) is 102 Å². The van der Waals surface area contributed by atoms with Crippen molar-refractivity contribution in [1.82, 2.24) is 0 Å². The second kappa shape index (κ2) is 66.7. The number of aliphatic hydroxyl groups excluding tert-OH is 9. The molecule has 0 aromatic heterocycles. The minimum atomic E-state index is 0.189. The first-order valence-electron chi connectivity index (χ1n) is 39.0. The number of rotatable bonds is 36. The van der Waals surface area contributed by atoms with Gasteiger partial charge in [-0.1, -0.05) is 193 Å². The monoisotopic (exact) mass is 1430 g/mol. The van der Waals surface area contributed by atoms with Crippen LogP contribution in [-0.2, 0) is 0 Å². The van der Waals surface area contributed by atoms with E-state index < -0.39 is 0 Å². The van der Waals surface area contributed by atoms with Crippen LogP contribution in [0.2, 0.25) is 0 Å². The molecular weight excluding hydrogens is 1240 g/mol. The lowest BCUT2D eigenvalue weighted by Crippen LogP contribution is -2.26. The lowest BCUT2D eigenvalue weighted by Gasteiger charge is -2.28. The highest BCUT2D eigenvalue weighted by atomic mass is 16.3. The Morgan fingerprint density at radius 2 is 0.253 bits per heavy atom. The highest BCUT2D eigenvalue weighted by molar-refractivity contribution is 4.79. The Morgan fingerprint density at radius 1 is 0.152 bits per heavy atom. The summed E-state index contributed by atoms with van der Waals surface area (Å²) in [6.45, 7) is 67.3. The molecule has 612 valence electrons. The quantitative estimate of drug-likeness (QED) is 0.0259. The van der Waals surface area contributed by atoms with Crippen LogP contribution in [0.25, 0.3) is 0 Å². The van der Waals surface area contributed by atoms with E-state index in [-0.39, 0.29) is 102 Å². The largest absolute Gasteiger partial charge is 0.396 e. The summed E-state index contributed by atoms with van der Waals surface area (Å²) in [5, 5.41) is 81.4. The summed E-state index contributed by atoms with van der Waals surface area (Å²) in [4.78, 5) is 0. The Bertz CT molecular complexity index is 1350. The van der Waals surface area contributed by atoms with Crippen molar-refractivity contribution in [2.24, 2.45) is 154 Å². The molecule has 9 atom stereocenters. The van der Waals surface area contributed by atoms with Crippen molar-refractivity contribution in [2.75, 3.05) is 118 Å². The lowest BCUT2D eigenvalue weighted by atomic mass is 9.78. The zero-order valence-corrected chi connectivity index (χ0v) is 71.4. The lowest BCUT2D eigenvalue weighted by molar-refractivity contribution is 0.121. The molecule has 0 aliphatic rings. The first-order chi connectivity index (χ1) is 45.2. The topological polar surface area (TPSA) is 416 Å². The summed E-state index contributed by atoms with van der Waals surface area (Å²) in [6, 6.07) is 0. The second-order valence-electron chi connectivity index (χ2n) is 37.6. The molecule has 0 saturated heterocycles. The van der Waals surface area contributed by atoms with Gasteiger partial charge < -0.3 is 97.6 Å². The molecule has 27 N–H and O–H groups in total. The molecule has 0 aliphatic heterocycles. The van der Waals surface area contributed by atoms with Gasteiger partial charge in [0, 0.05) is 59.5 Å². The van der Waals surface area contributed by atoms with Gasteiger partial charge >= 0.3 is 0 Å². The molecule has 9 unspecified atom stereocenters. The van der Waals surface area contributed by atoms with Gasteiger partial charge in [0.25, 0.3) is 0 Å². The minimum absolute atomic E-state index is 0.189. The van der Waals surface area contributed by atoms with Crippen LogP contribution >= 0.6 is 0 Å². The Labute approximate surface area is 617 Å². The summed E-state index contributed by atoms with van der Waals surface area (Å²) >= 11 is 0. The van der Waals surface area contributed by atoms with Gasteiger partial charge in [0.15, 0.2) is 0 Å². The Balaban J connectivity index is -0.000000132. The first kappa shape index (κ1) is 117. The van der Waals surface area contributed by atoms with Crippen molar-refractivity contribution < 1.29 is 46.0 Å². The Hall–Kier alpha value is -0.720. The van der Waals surface area contributed by atoms with Crippen molar-refractivity contribution in [3.05, 3.63) is 0 Å².